The average Bonchev–Trinajstić information content (AvgIpc) is 2.19. The Morgan fingerprint density at radius 2 is 1.75 bits per heavy atom. The Balaban J connectivity index is 0.000000673. The number of benzene rings is 1. The van der Waals surface area contributed by atoms with E-state index in [0.29, 0.717) is 0 Å². The summed E-state index contributed by atoms with van der Waals surface area (Å²) in [6.07, 6.45) is -6.08. The average molecular weight is 236 g/mol. The minimum Gasteiger partial charge on any atom is -0.483 e. The van der Waals surface area contributed by atoms with Gasteiger partial charge >= 0.3 is 6.18 Å². The van der Waals surface area contributed by atoms with Crippen molar-refractivity contribution < 1.29 is 27.8 Å². The fourth-order valence-corrected chi connectivity index (χ4v) is 0.770. The fraction of sp³-hybridized carbons (Fsp3) is 0.300. The van der Waals surface area contributed by atoms with E-state index in [-0.39, 0.29) is 12.2 Å². The molecule has 0 heterocycles. The number of ether oxygens (including phenoxy) is 1. The van der Waals surface area contributed by atoms with Gasteiger partial charge in [0, 0.05) is 0 Å². The summed E-state index contributed by atoms with van der Waals surface area (Å²) in [7, 11) is 0. The molecule has 6 heteroatoms. The Morgan fingerprint density at radius 3 is 2.12 bits per heavy atom. The van der Waals surface area contributed by atoms with Gasteiger partial charge in [0.2, 0.25) is 0 Å². The third kappa shape index (κ3) is 5.90. The molecule has 0 saturated heterocycles. The molecule has 1 rings (SSSR count). The molecule has 1 aromatic rings. The van der Waals surface area contributed by atoms with E-state index in [2.05, 4.69) is 4.74 Å². The van der Waals surface area contributed by atoms with E-state index in [1.807, 2.05) is 0 Å². The zero-order valence-electron chi connectivity index (χ0n) is 8.44. The monoisotopic (exact) mass is 236 g/mol. The maximum atomic E-state index is 12.0. The molecule has 90 valence electrons. The third-order valence-electron chi connectivity index (χ3n) is 1.52. The molecule has 0 aliphatic heterocycles. The Labute approximate surface area is 90.5 Å². The van der Waals surface area contributed by atoms with E-state index in [1.54, 1.807) is 18.2 Å². The summed E-state index contributed by atoms with van der Waals surface area (Å²) in [6.45, 7) is 0.729. The first-order valence-corrected chi connectivity index (χ1v) is 4.28. The molecule has 0 radical (unpaired) electrons. The van der Waals surface area contributed by atoms with Crippen LogP contribution in [0.15, 0.2) is 30.3 Å². The van der Waals surface area contributed by atoms with E-state index in [9.17, 15) is 13.2 Å². The molecule has 0 aromatic heterocycles. The highest BCUT2D eigenvalue weighted by atomic mass is 19.4. The summed E-state index contributed by atoms with van der Waals surface area (Å²) < 4.78 is 40.7. The van der Waals surface area contributed by atoms with Gasteiger partial charge in [-0.15, -0.1) is 0 Å². The number of hydrogen-bond acceptors (Lipinski definition) is 2. The lowest BCUT2D eigenvalue weighted by Crippen LogP contribution is -2.31. The van der Waals surface area contributed by atoms with Crippen molar-refractivity contribution in [2.45, 2.75) is 19.2 Å². The van der Waals surface area contributed by atoms with Crippen molar-refractivity contribution in [2.75, 3.05) is 0 Å². The van der Waals surface area contributed by atoms with Crippen molar-refractivity contribution in [2.24, 2.45) is 0 Å². The van der Waals surface area contributed by atoms with Gasteiger partial charge < -0.3 is 9.84 Å². The standard InChI is InChI=1S/C9H9F3O.CH2O2/c1-7(9(10,11)12)13-8-5-3-2-4-6-8;2-1-3/h2-7H,1H3;1H,(H,2,3). The predicted octanol–water partition coefficient (Wildman–Crippen LogP) is 2.72. The molecule has 1 N–H and O–H groups in total. The lowest BCUT2D eigenvalue weighted by atomic mass is 10.3. The van der Waals surface area contributed by atoms with E-state index in [4.69, 9.17) is 9.90 Å². The second-order valence-electron chi connectivity index (χ2n) is 2.72. The molecule has 0 fully saturated rings. The Hall–Kier alpha value is -1.72. The molecule has 1 unspecified atom stereocenters. The maximum Gasteiger partial charge on any atom is 0.425 e. The van der Waals surface area contributed by atoms with E-state index in [0.717, 1.165) is 6.92 Å². The van der Waals surface area contributed by atoms with Gasteiger partial charge in [-0.25, -0.2) is 0 Å². The summed E-state index contributed by atoms with van der Waals surface area (Å²) in [5.41, 5.74) is 0. The highest BCUT2D eigenvalue weighted by Crippen LogP contribution is 2.24. The molecule has 0 bridgehead atoms. The van der Waals surface area contributed by atoms with Crippen LogP contribution in [0.3, 0.4) is 0 Å². The van der Waals surface area contributed by atoms with Gasteiger partial charge in [0.1, 0.15) is 5.75 Å². The first kappa shape index (κ1) is 14.3. The molecular formula is C10H11F3O3. The summed E-state index contributed by atoms with van der Waals surface area (Å²) in [5.74, 6) is 0.229. The van der Waals surface area contributed by atoms with Gasteiger partial charge in [0.15, 0.2) is 6.10 Å². The third-order valence-corrected chi connectivity index (χ3v) is 1.52. The second kappa shape index (κ2) is 6.71. The lowest BCUT2D eigenvalue weighted by Gasteiger charge is -2.17. The predicted molar refractivity (Wildman–Crippen MR) is 51.3 cm³/mol. The van der Waals surface area contributed by atoms with E-state index < -0.39 is 12.3 Å². The lowest BCUT2D eigenvalue weighted by molar-refractivity contribution is -0.189. The quantitative estimate of drug-likeness (QED) is 0.803. The van der Waals surface area contributed by atoms with Crippen LogP contribution in [0.1, 0.15) is 6.92 Å². The zero-order valence-corrected chi connectivity index (χ0v) is 8.44. The number of rotatable bonds is 2. The number of alkyl halides is 3. The van der Waals surface area contributed by atoms with Crippen LogP contribution in [0, 0.1) is 0 Å². The SMILES string of the molecule is CC(Oc1ccccc1)C(F)(F)F.O=CO. The molecule has 1 atom stereocenters. The minimum absolute atomic E-state index is 0.229. The highest BCUT2D eigenvalue weighted by molar-refractivity contribution is 5.32. The van der Waals surface area contributed by atoms with Crippen LogP contribution in [-0.2, 0) is 4.79 Å². The molecule has 0 saturated carbocycles. The van der Waals surface area contributed by atoms with Crippen LogP contribution in [-0.4, -0.2) is 23.9 Å². The highest BCUT2D eigenvalue weighted by Gasteiger charge is 2.37. The van der Waals surface area contributed by atoms with Crippen LogP contribution in [0.4, 0.5) is 13.2 Å². The summed E-state index contributed by atoms with van der Waals surface area (Å²) in [6, 6.07) is 7.94. The smallest absolute Gasteiger partial charge is 0.425 e. The number of halogens is 3. The Bertz CT molecular complexity index is 298. The first-order valence-electron chi connectivity index (χ1n) is 4.28. The fourth-order valence-electron chi connectivity index (χ4n) is 0.770. The van der Waals surface area contributed by atoms with Gasteiger partial charge in [-0.05, 0) is 19.1 Å². The normalized spacial score (nSPS) is 12.0. The van der Waals surface area contributed by atoms with Crippen molar-refractivity contribution in [3.05, 3.63) is 30.3 Å². The van der Waals surface area contributed by atoms with Gasteiger partial charge in [-0.2, -0.15) is 13.2 Å². The second-order valence-corrected chi connectivity index (χ2v) is 2.72. The molecule has 0 aliphatic carbocycles. The largest absolute Gasteiger partial charge is 0.483 e. The van der Waals surface area contributed by atoms with Crippen LogP contribution < -0.4 is 4.74 Å². The van der Waals surface area contributed by atoms with Crippen LogP contribution >= 0.6 is 0 Å². The van der Waals surface area contributed by atoms with Crippen LogP contribution in [0.25, 0.3) is 0 Å². The summed E-state index contributed by atoms with van der Waals surface area (Å²) >= 11 is 0. The first-order chi connectivity index (χ1) is 7.41. The van der Waals surface area contributed by atoms with Crippen molar-refractivity contribution >= 4 is 6.47 Å². The number of para-hydroxylation sites is 1. The minimum atomic E-state index is -4.31. The molecule has 0 amide bonds. The molecule has 16 heavy (non-hydrogen) atoms. The molecule has 1 aromatic carbocycles. The van der Waals surface area contributed by atoms with Crippen molar-refractivity contribution in [1.82, 2.24) is 0 Å². The van der Waals surface area contributed by atoms with Crippen LogP contribution in [0.5, 0.6) is 5.75 Å². The number of carbonyl (C=O) groups is 1. The van der Waals surface area contributed by atoms with E-state index >= 15 is 0 Å². The summed E-state index contributed by atoms with van der Waals surface area (Å²) in [5, 5.41) is 6.89. The van der Waals surface area contributed by atoms with Gasteiger partial charge in [0.05, 0.1) is 0 Å². The Morgan fingerprint density at radius 1 is 1.31 bits per heavy atom. The van der Waals surface area contributed by atoms with Crippen molar-refractivity contribution in [3.63, 3.8) is 0 Å². The molecule has 0 spiro atoms. The topological polar surface area (TPSA) is 46.5 Å². The van der Waals surface area contributed by atoms with Crippen molar-refractivity contribution in [1.29, 1.82) is 0 Å². The molecule has 0 aliphatic rings. The summed E-state index contributed by atoms with van der Waals surface area (Å²) in [4.78, 5) is 8.36. The van der Waals surface area contributed by atoms with E-state index in [1.165, 1.54) is 12.1 Å². The molecule has 3 nitrogen and oxygen atoms in total. The van der Waals surface area contributed by atoms with Crippen LogP contribution in [0.2, 0.25) is 0 Å². The molecular weight excluding hydrogens is 225 g/mol. The Kier molecular flexibility index (Phi) is 5.99. The van der Waals surface area contributed by atoms with Gasteiger partial charge in [-0.1, -0.05) is 18.2 Å². The number of carboxylic acid groups (broad SMARTS) is 1. The van der Waals surface area contributed by atoms with Gasteiger partial charge in [-0.3, -0.25) is 4.79 Å². The zero-order chi connectivity index (χ0) is 12.6. The van der Waals surface area contributed by atoms with Crippen molar-refractivity contribution in [3.8, 4) is 5.75 Å². The number of hydrogen-bond donors (Lipinski definition) is 1. The van der Waals surface area contributed by atoms with Gasteiger partial charge in [0.25, 0.3) is 6.47 Å². The maximum absolute atomic E-state index is 12.0.